The van der Waals surface area contributed by atoms with E-state index in [1.54, 1.807) is 7.11 Å². The van der Waals surface area contributed by atoms with E-state index >= 15 is 0 Å². The maximum absolute atomic E-state index is 6.18. The van der Waals surface area contributed by atoms with Crippen molar-refractivity contribution in [1.82, 2.24) is 5.32 Å². The number of hydrogen-bond donors (Lipinski definition) is 1. The van der Waals surface area contributed by atoms with E-state index in [0.717, 1.165) is 22.6 Å². The summed E-state index contributed by atoms with van der Waals surface area (Å²) < 4.78 is 11.5. The highest BCUT2D eigenvalue weighted by Gasteiger charge is 2.15. The van der Waals surface area contributed by atoms with Crippen molar-refractivity contribution in [3.63, 3.8) is 0 Å². The van der Waals surface area contributed by atoms with Gasteiger partial charge in [0, 0.05) is 17.7 Å². The Bertz CT molecular complexity index is 569. The minimum atomic E-state index is -0.0129. The lowest BCUT2D eigenvalue weighted by Gasteiger charge is -2.21. The van der Waals surface area contributed by atoms with Crippen LogP contribution in [0.25, 0.3) is 0 Å². The molecule has 3 nitrogen and oxygen atoms in total. The Morgan fingerprint density at radius 1 is 1.00 bits per heavy atom. The van der Waals surface area contributed by atoms with Gasteiger partial charge in [0.1, 0.15) is 17.6 Å². The molecule has 0 amide bonds. The molecule has 3 heteroatoms. The Hall–Kier alpha value is -2.00. The zero-order chi connectivity index (χ0) is 15.2. The number of benzene rings is 2. The molecule has 0 spiro atoms. The van der Waals surface area contributed by atoms with Crippen molar-refractivity contribution in [2.45, 2.75) is 26.0 Å². The predicted octanol–water partition coefficient (Wildman–Crippen LogP) is 4.12. The molecule has 0 aliphatic heterocycles. The van der Waals surface area contributed by atoms with Crippen LogP contribution in [0.5, 0.6) is 11.5 Å². The second kappa shape index (κ2) is 7.14. The van der Waals surface area contributed by atoms with Gasteiger partial charge >= 0.3 is 0 Å². The van der Waals surface area contributed by atoms with Gasteiger partial charge in [0.2, 0.25) is 0 Å². The second-order valence-corrected chi connectivity index (χ2v) is 5.08. The topological polar surface area (TPSA) is 30.5 Å². The van der Waals surface area contributed by atoms with E-state index in [2.05, 4.69) is 31.3 Å². The summed E-state index contributed by atoms with van der Waals surface area (Å²) in [6.07, 6.45) is -0.0129. The monoisotopic (exact) mass is 285 g/mol. The Kier molecular flexibility index (Phi) is 5.23. The highest BCUT2D eigenvalue weighted by molar-refractivity contribution is 5.42. The lowest BCUT2D eigenvalue weighted by atomic mass is 10.1. The van der Waals surface area contributed by atoms with Crippen molar-refractivity contribution in [2.75, 3.05) is 14.2 Å². The van der Waals surface area contributed by atoms with Gasteiger partial charge in [0.05, 0.1) is 7.11 Å². The quantitative estimate of drug-likeness (QED) is 0.866. The standard InChI is InChI=1S/C18H23NO2/c1-13(19-3)17-11-10-16(20-4)12-18(17)21-14(2)15-8-6-5-7-9-15/h5-14,19H,1-4H3. The maximum Gasteiger partial charge on any atom is 0.128 e. The largest absolute Gasteiger partial charge is 0.497 e. The van der Waals surface area contributed by atoms with Gasteiger partial charge in [-0.15, -0.1) is 0 Å². The van der Waals surface area contributed by atoms with Crippen molar-refractivity contribution < 1.29 is 9.47 Å². The normalized spacial score (nSPS) is 13.5. The number of rotatable bonds is 6. The van der Waals surface area contributed by atoms with E-state index < -0.39 is 0 Å². The van der Waals surface area contributed by atoms with E-state index in [0.29, 0.717) is 0 Å². The third-order valence-corrected chi connectivity index (χ3v) is 3.69. The summed E-state index contributed by atoms with van der Waals surface area (Å²) in [5.74, 6) is 1.66. The predicted molar refractivity (Wildman–Crippen MR) is 86.0 cm³/mol. The average molecular weight is 285 g/mol. The van der Waals surface area contributed by atoms with Gasteiger partial charge in [0.25, 0.3) is 0 Å². The molecule has 0 aliphatic rings. The number of nitrogens with one attached hydrogen (secondary N) is 1. The Balaban J connectivity index is 2.28. The zero-order valence-corrected chi connectivity index (χ0v) is 13.1. The number of hydrogen-bond acceptors (Lipinski definition) is 3. The Labute approximate surface area is 126 Å². The fourth-order valence-electron chi connectivity index (χ4n) is 2.24. The Morgan fingerprint density at radius 2 is 1.71 bits per heavy atom. The summed E-state index contributed by atoms with van der Waals surface area (Å²) in [5, 5.41) is 3.25. The molecule has 0 fully saturated rings. The van der Waals surface area contributed by atoms with Gasteiger partial charge in [-0.1, -0.05) is 36.4 Å². The minimum Gasteiger partial charge on any atom is -0.497 e. The minimum absolute atomic E-state index is 0.0129. The van der Waals surface area contributed by atoms with Crippen LogP contribution in [0.2, 0.25) is 0 Å². The van der Waals surface area contributed by atoms with E-state index in [1.807, 2.05) is 43.4 Å². The molecule has 0 heterocycles. The van der Waals surface area contributed by atoms with E-state index in [1.165, 1.54) is 0 Å². The van der Waals surface area contributed by atoms with Gasteiger partial charge in [-0.3, -0.25) is 0 Å². The lowest BCUT2D eigenvalue weighted by molar-refractivity contribution is 0.222. The molecule has 0 saturated heterocycles. The Morgan fingerprint density at radius 3 is 2.33 bits per heavy atom. The van der Waals surface area contributed by atoms with Crippen molar-refractivity contribution in [3.05, 3.63) is 59.7 Å². The highest BCUT2D eigenvalue weighted by atomic mass is 16.5. The third-order valence-electron chi connectivity index (χ3n) is 3.69. The lowest BCUT2D eigenvalue weighted by Crippen LogP contribution is -2.14. The van der Waals surface area contributed by atoms with Crippen LogP contribution in [0, 0.1) is 0 Å². The molecule has 2 aromatic carbocycles. The summed E-state index contributed by atoms with van der Waals surface area (Å²) in [6, 6.07) is 16.4. The molecule has 1 N–H and O–H groups in total. The van der Waals surface area contributed by atoms with Crippen molar-refractivity contribution >= 4 is 0 Å². The molecule has 0 radical (unpaired) electrons. The summed E-state index contributed by atoms with van der Waals surface area (Å²) >= 11 is 0. The molecular formula is C18H23NO2. The molecule has 0 aromatic heterocycles. The van der Waals surface area contributed by atoms with Crippen LogP contribution in [-0.2, 0) is 0 Å². The molecule has 2 rings (SSSR count). The highest BCUT2D eigenvalue weighted by Crippen LogP contribution is 2.32. The number of methoxy groups -OCH3 is 1. The van der Waals surface area contributed by atoms with E-state index in [-0.39, 0.29) is 12.1 Å². The molecular weight excluding hydrogens is 262 g/mol. The third kappa shape index (κ3) is 3.76. The first-order chi connectivity index (χ1) is 10.2. The molecule has 0 saturated carbocycles. The van der Waals surface area contributed by atoms with Gasteiger partial charge in [-0.05, 0) is 32.5 Å². The smallest absolute Gasteiger partial charge is 0.128 e. The van der Waals surface area contributed by atoms with E-state index in [9.17, 15) is 0 Å². The van der Waals surface area contributed by atoms with Crippen molar-refractivity contribution in [2.24, 2.45) is 0 Å². The van der Waals surface area contributed by atoms with Crippen LogP contribution in [0.3, 0.4) is 0 Å². The van der Waals surface area contributed by atoms with Crippen LogP contribution in [0.1, 0.15) is 37.1 Å². The van der Waals surface area contributed by atoms with Crippen LogP contribution in [0.15, 0.2) is 48.5 Å². The zero-order valence-electron chi connectivity index (χ0n) is 13.1. The first-order valence-electron chi connectivity index (χ1n) is 7.22. The van der Waals surface area contributed by atoms with Crippen LogP contribution in [0.4, 0.5) is 0 Å². The van der Waals surface area contributed by atoms with Gasteiger partial charge < -0.3 is 14.8 Å². The van der Waals surface area contributed by atoms with Gasteiger partial charge in [-0.2, -0.15) is 0 Å². The number of ether oxygens (including phenoxy) is 2. The molecule has 2 atom stereocenters. The molecule has 112 valence electrons. The average Bonchev–Trinajstić information content (AvgIpc) is 2.54. The molecule has 2 aromatic rings. The molecule has 2 unspecified atom stereocenters. The second-order valence-electron chi connectivity index (χ2n) is 5.08. The summed E-state index contributed by atoms with van der Waals surface area (Å²) in [6.45, 7) is 4.17. The summed E-state index contributed by atoms with van der Waals surface area (Å²) in [5.41, 5.74) is 2.28. The van der Waals surface area contributed by atoms with Crippen molar-refractivity contribution in [1.29, 1.82) is 0 Å². The fraction of sp³-hybridized carbons (Fsp3) is 0.333. The van der Waals surface area contributed by atoms with Crippen LogP contribution >= 0.6 is 0 Å². The summed E-state index contributed by atoms with van der Waals surface area (Å²) in [7, 11) is 3.61. The maximum atomic E-state index is 6.18. The van der Waals surface area contributed by atoms with Gasteiger partial charge in [-0.25, -0.2) is 0 Å². The first kappa shape index (κ1) is 15.4. The fourth-order valence-corrected chi connectivity index (χ4v) is 2.24. The molecule has 0 bridgehead atoms. The van der Waals surface area contributed by atoms with E-state index in [4.69, 9.17) is 9.47 Å². The van der Waals surface area contributed by atoms with Crippen LogP contribution < -0.4 is 14.8 Å². The molecule has 21 heavy (non-hydrogen) atoms. The first-order valence-corrected chi connectivity index (χ1v) is 7.22. The van der Waals surface area contributed by atoms with Crippen LogP contribution in [-0.4, -0.2) is 14.2 Å². The summed E-state index contributed by atoms with van der Waals surface area (Å²) in [4.78, 5) is 0. The van der Waals surface area contributed by atoms with Gasteiger partial charge in [0.15, 0.2) is 0 Å². The van der Waals surface area contributed by atoms with Crippen molar-refractivity contribution in [3.8, 4) is 11.5 Å². The SMILES string of the molecule is CNC(C)c1ccc(OC)cc1OC(C)c1ccccc1. The molecule has 0 aliphatic carbocycles.